The summed E-state index contributed by atoms with van der Waals surface area (Å²) in [6.45, 7) is 1.79. The summed E-state index contributed by atoms with van der Waals surface area (Å²) >= 11 is 3.23. The van der Waals surface area contributed by atoms with Gasteiger partial charge in [-0.3, -0.25) is 0 Å². The molecule has 0 bridgehead atoms. The number of aliphatic hydroxyl groups excluding tert-OH is 1. The van der Waals surface area contributed by atoms with Gasteiger partial charge in [-0.05, 0) is 41.8 Å². The van der Waals surface area contributed by atoms with Gasteiger partial charge in [0.05, 0.1) is 14.2 Å². The van der Waals surface area contributed by atoms with E-state index >= 15 is 0 Å². The maximum Gasteiger partial charge on any atom is 0.242 e. The summed E-state index contributed by atoms with van der Waals surface area (Å²) in [5.41, 5.74) is 0. The maximum absolute atomic E-state index is 12.4. The number of benzene rings is 1. The molecule has 0 heterocycles. The van der Waals surface area contributed by atoms with Crippen molar-refractivity contribution < 1.29 is 23.0 Å². The van der Waals surface area contributed by atoms with Gasteiger partial charge < -0.3 is 14.6 Å². The molecule has 0 fully saturated rings. The van der Waals surface area contributed by atoms with Crippen LogP contribution in [0.2, 0.25) is 0 Å². The summed E-state index contributed by atoms with van der Waals surface area (Å²) in [6.07, 6.45) is 1.09. The predicted octanol–water partition coefficient (Wildman–Crippen LogP) is 1.91. The van der Waals surface area contributed by atoms with Crippen LogP contribution in [0.5, 0.6) is 11.5 Å². The minimum Gasteiger partial charge on any atom is -0.493 e. The number of hydrogen-bond acceptors (Lipinski definition) is 5. The third-order valence-electron chi connectivity index (χ3n) is 2.88. The molecule has 21 heavy (non-hydrogen) atoms. The lowest BCUT2D eigenvalue weighted by Gasteiger charge is -2.16. The van der Waals surface area contributed by atoms with Crippen LogP contribution in [-0.2, 0) is 10.0 Å². The molecule has 1 aromatic rings. The molecule has 0 aromatic heterocycles. The molecule has 1 unspecified atom stereocenters. The van der Waals surface area contributed by atoms with Crippen molar-refractivity contribution in [2.75, 3.05) is 20.8 Å². The lowest BCUT2D eigenvalue weighted by molar-refractivity contribution is 0.279. The lowest BCUT2D eigenvalue weighted by atomic mass is 10.2. The van der Waals surface area contributed by atoms with E-state index in [9.17, 15) is 8.42 Å². The van der Waals surface area contributed by atoms with Gasteiger partial charge in [-0.15, -0.1) is 0 Å². The number of nitrogens with one attached hydrogen (secondary N) is 1. The van der Waals surface area contributed by atoms with Crippen molar-refractivity contribution in [1.29, 1.82) is 0 Å². The second-order valence-electron chi connectivity index (χ2n) is 4.53. The van der Waals surface area contributed by atoms with E-state index in [1.54, 1.807) is 13.0 Å². The number of methoxy groups -OCH3 is 2. The summed E-state index contributed by atoms with van der Waals surface area (Å²) in [5, 5.41) is 8.79. The Morgan fingerprint density at radius 2 is 1.86 bits per heavy atom. The molecule has 0 radical (unpaired) electrons. The van der Waals surface area contributed by atoms with E-state index in [-0.39, 0.29) is 17.5 Å². The van der Waals surface area contributed by atoms with Crippen molar-refractivity contribution in [2.24, 2.45) is 0 Å². The van der Waals surface area contributed by atoms with E-state index in [1.165, 1.54) is 20.3 Å². The fourth-order valence-corrected chi connectivity index (χ4v) is 4.14. The molecule has 2 N–H and O–H groups in total. The standard InChI is InChI=1S/C13H20BrNO5S/c1-9(5-4-6-16)15-21(17,18)13-8-12(20-3)11(19-2)7-10(13)14/h7-9,15-16H,4-6H2,1-3H3. The van der Waals surface area contributed by atoms with Gasteiger partial charge in [-0.2, -0.15) is 0 Å². The zero-order valence-electron chi connectivity index (χ0n) is 12.2. The van der Waals surface area contributed by atoms with Crippen LogP contribution in [0.15, 0.2) is 21.5 Å². The SMILES string of the molecule is COc1cc(Br)c(S(=O)(=O)NC(C)CCCO)cc1OC. The van der Waals surface area contributed by atoms with Crippen molar-refractivity contribution in [3.05, 3.63) is 16.6 Å². The van der Waals surface area contributed by atoms with Crippen LogP contribution >= 0.6 is 15.9 Å². The molecular weight excluding hydrogens is 362 g/mol. The number of sulfonamides is 1. The largest absolute Gasteiger partial charge is 0.493 e. The number of rotatable bonds is 8. The smallest absolute Gasteiger partial charge is 0.242 e. The molecule has 0 amide bonds. The quantitative estimate of drug-likeness (QED) is 0.718. The van der Waals surface area contributed by atoms with E-state index in [2.05, 4.69) is 20.7 Å². The Labute approximate surface area is 133 Å². The Balaban J connectivity index is 3.08. The molecule has 0 aliphatic heterocycles. The van der Waals surface area contributed by atoms with E-state index in [4.69, 9.17) is 14.6 Å². The summed E-state index contributed by atoms with van der Waals surface area (Å²) < 4.78 is 38.0. The van der Waals surface area contributed by atoms with Crippen molar-refractivity contribution >= 4 is 26.0 Å². The van der Waals surface area contributed by atoms with Gasteiger partial charge in [0.1, 0.15) is 4.90 Å². The zero-order valence-corrected chi connectivity index (χ0v) is 14.6. The highest BCUT2D eigenvalue weighted by atomic mass is 79.9. The van der Waals surface area contributed by atoms with E-state index in [1.807, 2.05) is 0 Å². The summed E-state index contributed by atoms with van der Waals surface area (Å²) in [4.78, 5) is 0.0796. The fourth-order valence-electron chi connectivity index (χ4n) is 1.83. The van der Waals surface area contributed by atoms with Crippen molar-refractivity contribution in [2.45, 2.75) is 30.7 Å². The molecule has 0 saturated carbocycles. The topological polar surface area (TPSA) is 84.9 Å². The molecular formula is C13H20BrNO5S. The van der Waals surface area contributed by atoms with Crippen molar-refractivity contribution in [1.82, 2.24) is 4.72 Å². The highest BCUT2D eigenvalue weighted by molar-refractivity contribution is 9.10. The molecule has 0 saturated heterocycles. The molecule has 1 atom stereocenters. The molecule has 120 valence electrons. The van der Waals surface area contributed by atoms with Gasteiger partial charge in [-0.1, -0.05) is 0 Å². The minimum absolute atomic E-state index is 0.0338. The Bertz CT molecular complexity index is 576. The minimum atomic E-state index is -3.69. The normalized spacial score (nSPS) is 13.0. The van der Waals surface area contributed by atoms with Crippen molar-refractivity contribution in [3.63, 3.8) is 0 Å². The Kier molecular flexibility index (Phi) is 6.92. The average Bonchev–Trinajstić information content (AvgIpc) is 2.43. The summed E-state index contributed by atoms with van der Waals surface area (Å²) in [7, 11) is -0.768. The Morgan fingerprint density at radius 1 is 1.29 bits per heavy atom. The Hall–Kier alpha value is -0.830. The monoisotopic (exact) mass is 381 g/mol. The van der Waals surface area contributed by atoms with E-state index < -0.39 is 10.0 Å². The van der Waals surface area contributed by atoms with Gasteiger partial charge in [0.15, 0.2) is 11.5 Å². The number of hydrogen-bond donors (Lipinski definition) is 2. The van der Waals surface area contributed by atoms with Crippen LogP contribution in [0.3, 0.4) is 0 Å². The van der Waals surface area contributed by atoms with Gasteiger partial charge in [0.2, 0.25) is 10.0 Å². The van der Waals surface area contributed by atoms with Crippen molar-refractivity contribution in [3.8, 4) is 11.5 Å². The first kappa shape index (κ1) is 18.2. The summed E-state index contributed by atoms with van der Waals surface area (Å²) in [6, 6.07) is 2.68. The zero-order chi connectivity index (χ0) is 16.0. The van der Waals surface area contributed by atoms with E-state index in [0.717, 1.165) is 0 Å². The summed E-state index contributed by atoms with van der Waals surface area (Å²) in [5.74, 6) is 0.778. The highest BCUT2D eigenvalue weighted by Gasteiger charge is 2.22. The first-order valence-corrected chi connectivity index (χ1v) is 8.68. The van der Waals surface area contributed by atoms with Gasteiger partial charge >= 0.3 is 0 Å². The highest BCUT2D eigenvalue weighted by Crippen LogP contribution is 2.35. The molecule has 1 aromatic carbocycles. The predicted molar refractivity (Wildman–Crippen MR) is 83.3 cm³/mol. The van der Waals surface area contributed by atoms with E-state index in [0.29, 0.717) is 28.8 Å². The third kappa shape index (κ3) is 4.84. The maximum atomic E-state index is 12.4. The Morgan fingerprint density at radius 3 is 2.38 bits per heavy atom. The van der Waals surface area contributed by atoms with Crippen LogP contribution in [0, 0.1) is 0 Å². The average molecular weight is 382 g/mol. The fraction of sp³-hybridized carbons (Fsp3) is 0.538. The molecule has 0 aliphatic rings. The molecule has 0 aliphatic carbocycles. The molecule has 6 nitrogen and oxygen atoms in total. The van der Waals surface area contributed by atoms with Crippen LogP contribution in [0.4, 0.5) is 0 Å². The van der Waals surface area contributed by atoms with Crippen LogP contribution in [0.25, 0.3) is 0 Å². The molecule has 0 spiro atoms. The second-order valence-corrected chi connectivity index (χ2v) is 7.06. The number of ether oxygens (including phenoxy) is 2. The second kappa shape index (κ2) is 7.98. The van der Waals surface area contributed by atoms with Crippen LogP contribution < -0.4 is 14.2 Å². The first-order valence-electron chi connectivity index (χ1n) is 6.40. The van der Waals surface area contributed by atoms with Crippen LogP contribution in [0.1, 0.15) is 19.8 Å². The number of aliphatic hydroxyl groups is 1. The molecule has 8 heteroatoms. The first-order chi connectivity index (χ1) is 9.85. The number of halogens is 1. The lowest BCUT2D eigenvalue weighted by Crippen LogP contribution is -2.33. The van der Waals surface area contributed by atoms with Crippen LogP contribution in [-0.4, -0.2) is 40.4 Å². The van der Waals surface area contributed by atoms with Gasteiger partial charge in [-0.25, -0.2) is 13.1 Å². The van der Waals surface area contributed by atoms with Gasteiger partial charge in [0.25, 0.3) is 0 Å². The molecule has 1 rings (SSSR count). The third-order valence-corrected chi connectivity index (χ3v) is 5.43. The van der Waals surface area contributed by atoms with Gasteiger partial charge in [0, 0.05) is 23.2 Å².